The molecule has 2 amide bonds. The maximum absolute atomic E-state index is 12.4. The van der Waals surface area contributed by atoms with Crippen molar-refractivity contribution in [3.05, 3.63) is 70.8 Å². The van der Waals surface area contributed by atoms with Gasteiger partial charge in [0.25, 0.3) is 11.8 Å². The molecule has 1 saturated heterocycles. The van der Waals surface area contributed by atoms with Gasteiger partial charge in [0.05, 0.1) is 6.04 Å². The first-order valence-corrected chi connectivity index (χ1v) is 7.54. The minimum Gasteiger partial charge on any atom is -0.338 e. The predicted molar refractivity (Wildman–Crippen MR) is 87.6 cm³/mol. The molecule has 5 nitrogen and oxygen atoms in total. The van der Waals surface area contributed by atoms with Gasteiger partial charge in [-0.1, -0.05) is 47.5 Å². The summed E-state index contributed by atoms with van der Waals surface area (Å²) in [7, 11) is 0. The molecular formula is C18H19N3O2. The number of carbonyl (C=O) groups excluding carboxylic acids is 2. The molecule has 0 spiro atoms. The van der Waals surface area contributed by atoms with E-state index in [0.29, 0.717) is 5.56 Å². The number of hydrogen-bond acceptors (Lipinski definition) is 3. The maximum atomic E-state index is 12.4. The Hall–Kier alpha value is -2.66. The largest absolute Gasteiger partial charge is 0.338 e. The van der Waals surface area contributed by atoms with Crippen LogP contribution in [0.3, 0.4) is 0 Å². The highest BCUT2D eigenvalue weighted by Crippen LogP contribution is 2.21. The van der Waals surface area contributed by atoms with Gasteiger partial charge in [0.15, 0.2) is 0 Å². The molecule has 1 fully saturated rings. The van der Waals surface area contributed by atoms with Crippen LogP contribution in [0.5, 0.6) is 0 Å². The predicted octanol–water partition coefficient (Wildman–Crippen LogP) is 1.78. The van der Waals surface area contributed by atoms with Crippen molar-refractivity contribution in [3.8, 4) is 0 Å². The van der Waals surface area contributed by atoms with E-state index < -0.39 is 6.04 Å². The Morgan fingerprint density at radius 2 is 1.78 bits per heavy atom. The monoisotopic (exact) mass is 309 g/mol. The third-order valence-corrected chi connectivity index (χ3v) is 3.97. The van der Waals surface area contributed by atoms with Crippen LogP contribution in [-0.2, 0) is 4.79 Å². The van der Waals surface area contributed by atoms with E-state index in [1.807, 2.05) is 50.2 Å². The molecule has 23 heavy (non-hydrogen) atoms. The number of nitrogens with one attached hydrogen (secondary N) is 3. The fourth-order valence-electron chi connectivity index (χ4n) is 2.67. The lowest BCUT2D eigenvalue weighted by Crippen LogP contribution is -2.42. The summed E-state index contributed by atoms with van der Waals surface area (Å²) in [6.45, 7) is 3.93. The number of amides is 2. The van der Waals surface area contributed by atoms with E-state index in [1.54, 1.807) is 12.1 Å². The molecule has 0 bridgehead atoms. The standard InChI is InChI=1S/C18H19N3O2/c1-11-6-8-13(9-7-11)15-16(18(23)21-20-15)19-17(22)14-5-3-4-12(2)10-14/h3-10,15-16,20H,1-2H3,(H,19,22)(H,21,23)/t15-,16+/m1/s1. The first-order chi connectivity index (χ1) is 11.0. The lowest BCUT2D eigenvalue weighted by atomic mass is 9.99. The van der Waals surface area contributed by atoms with E-state index in [2.05, 4.69) is 16.2 Å². The molecule has 0 radical (unpaired) electrons. The highest BCUT2D eigenvalue weighted by Gasteiger charge is 2.36. The van der Waals surface area contributed by atoms with Crippen LogP contribution >= 0.6 is 0 Å². The molecule has 2 aromatic carbocycles. The van der Waals surface area contributed by atoms with Crippen LogP contribution in [0.25, 0.3) is 0 Å². The SMILES string of the molecule is Cc1ccc([C@H]2NNC(=O)[C@H]2NC(=O)c2cccc(C)c2)cc1. The summed E-state index contributed by atoms with van der Waals surface area (Å²) in [5, 5.41) is 2.82. The fourth-order valence-corrected chi connectivity index (χ4v) is 2.67. The number of hydrazine groups is 1. The minimum absolute atomic E-state index is 0.239. The van der Waals surface area contributed by atoms with Gasteiger partial charge in [-0.05, 0) is 31.5 Å². The molecular weight excluding hydrogens is 290 g/mol. The molecule has 2 aromatic rings. The van der Waals surface area contributed by atoms with Crippen LogP contribution in [0.15, 0.2) is 48.5 Å². The smallest absolute Gasteiger partial charge is 0.258 e. The van der Waals surface area contributed by atoms with Gasteiger partial charge in [-0.25, -0.2) is 5.43 Å². The van der Waals surface area contributed by atoms with Gasteiger partial charge in [0, 0.05) is 5.56 Å². The van der Waals surface area contributed by atoms with Crippen molar-refractivity contribution in [1.29, 1.82) is 0 Å². The zero-order chi connectivity index (χ0) is 16.4. The van der Waals surface area contributed by atoms with Crippen molar-refractivity contribution in [2.24, 2.45) is 0 Å². The topological polar surface area (TPSA) is 70.2 Å². The lowest BCUT2D eigenvalue weighted by molar-refractivity contribution is -0.121. The molecule has 1 aliphatic rings. The van der Waals surface area contributed by atoms with Crippen molar-refractivity contribution < 1.29 is 9.59 Å². The molecule has 118 valence electrons. The summed E-state index contributed by atoms with van der Waals surface area (Å²) in [4.78, 5) is 24.5. The number of hydrogen-bond donors (Lipinski definition) is 3. The Morgan fingerprint density at radius 1 is 1.04 bits per heavy atom. The zero-order valence-corrected chi connectivity index (χ0v) is 13.1. The second-order valence-electron chi connectivity index (χ2n) is 5.84. The third kappa shape index (κ3) is 3.24. The van der Waals surface area contributed by atoms with Crippen molar-refractivity contribution in [2.75, 3.05) is 0 Å². The van der Waals surface area contributed by atoms with Crippen LogP contribution in [0, 0.1) is 13.8 Å². The fraction of sp³-hybridized carbons (Fsp3) is 0.222. The van der Waals surface area contributed by atoms with Crippen molar-refractivity contribution in [3.63, 3.8) is 0 Å². The van der Waals surface area contributed by atoms with E-state index in [-0.39, 0.29) is 17.9 Å². The van der Waals surface area contributed by atoms with E-state index >= 15 is 0 Å². The molecule has 5 heteroatoms. The second kappa shape index (κ2) is 6.22. The molecule has 0 saturated carbocycles. The van der Waals surface area contributed by atoms with Gasteiger partial charge in [-0.3, -0.25) is 15.0 Å². The summed E-state index contributed by atoms with van der Waals surface area (Å²) in [6.07, 6.45) is 0. The summed E-state index contributed by atoms with van der Waals surface area (Å²) in [6, 6.07) is 14.2. The Balaban J connectivity index is 1.80. The molecule has 1 heterocycles. The average Bonchev–Trinajstić information content (AvgIpc) is 2.89. The second-order valence-corrected chi connectivity index (χ2v) is 5.84. The van der Waals surface area contributed by atoms with Crippen LogP contribution in [0.1, 0.15) is 33.1 Å². The average molecular weight is 309 g/mol. The number of rotatable bonds is 3. The van der Waals surface area contributed by atoms with Crippen LogP contribution in [0.2, 0.25) is 0 Å². The van der Waals surface area contributed by atoms with Crippen molar-refractivity contribution in [1.82, 2.24) is 16.2 Å². The Labute approximate surface area is 135 Å². The summed E-state index contributed by atoms with van der Waals surface area (Å²) < 4.78 is 0. The van der Waals surface area contributed by atoms with Gasteiger partial charge in [-0.15, -0.1) is 0 Å². The third-order valence-electron chi connectivity index (χ3n) is 3.97. The van der Waals surface area contributed by atoms with Gasteiger partial charge < -0.3 is 5.32 Å². The summed E-state index contributed by atoms with van der Waals surface area (Å²) in [5.41, 5.74) is 9.19. The van der Waals surface area contributed by atoms with Crippen LogP contribution in [-0.4, -0.2) is 17.9 Å². The summed E-state index contributed by atoms with van der Waals surface area (Å²) >= 11 is 0. The Bertz CT molecular complexity index is 740. The molecule has 3 rings (SSSR count). The zero-order valence-electron chi connectivity index (χ0n) is 13.1. The lowest BCUT2D eigenvalue weighted by Gasteiger charge is -2.18. The molecule has 0 aliphatic carbocycles. The number of aryl methyl sites for hydroxylation is 2. The van der Waals surface area contributed by atoms with Crippen LogP contribution < -0.4 is 16.2 Å². The van der Waals surface area contributed by atoms with E-state index in [1.165, 1.54) is 0 Å². The maximum Gasteiger partial charge on any atom is 0.258 e. The highest BCUT2D eigenvalue weighted by atomic mass is 16.2. The number of carbonyl (C=O) groups is 2. The quantitative estimate of drug-likeness (QED) is 0.809. The highest BCUT2D eigenvalue weighted by molar-refractivity contribution is 5.98. The molecule has 1 aliphatic heterocycles. The normalized spacial score (nSPS) is 20.2. The molecule has 0 aromatic heterocycles. The van der Waals surface area contributed by atoms with Gasteiger partial charge in [-0.2, -0.15) is 0 Å². The van der Waals surface area contributed by atoms with E-state index in [4.69, 9.17) is 0 Å². The van der Waals surface area contributed by atoms with Crippen LogP contribution in [0.4, 0.5) is 0 Å². The Kier molecular flexibility index (Phi) is 4.12. The van der Waals surface area contributed by atoms with Gasteiger partial charge in [0.2, 0.25) is 0 Å². The first kappa shape index (κ1) is 15.2. The summed E-state index contributed by atoms with van der Waals surface area (Å²) in [5.74, 6) is -0.494. The van der Waals surface area contributed by atoms with Crippen molar-refractivity contribution in [2.45, 2.75) is 25.9 Å². The Morgan fingerprint density at radius 3 is 2.48 bits per heavy atom. The van der Waals surface area contributed by atoms with Gasteiger partial charge in [0.1, 0.15) is 6.04 Å². The van der Waals surface area contributed by atoms with Gasteiger partial charge >= 0.3 is 0 Å². The molecule has 0 unspecified atom stereocenters. The van der Waals surface area contributed by atoms with E-state index in [9.17, 15) is 9.59 Å². The molecule has 2 atom stereocenters. The molecule has 3 N–H and O–H groups in total. The first-order valence-electron chi connectivity index (χ1n) is 7.54. The number of benzene rings is 2. The van der Waals surface area contributed by atoms with Crippen molar-refractivity contribution >= 4 is 11.8 Å². The van der Waals surface area contributed by atoms with E-state index in [0.717, 1.165) is 16.7 Å². The minimum atomic E-state index is -0.647.